The van der Waals surface area contributed by atoms with E-state index in [1.165, 1.54) is 28.0 Å². The average molecular weight is 324 g/mol. The van der Waals surface area contributed by atoms with Crippen LogP contribution in [0.3, 0.4) is 0 Å². The number of aryl methyl sites for hydroxylation is 1. The third-order valence-corrected chi connectivity index (χ3v) is 5.02. The number of thiophene rings is 1. The number of anilines is 1. The van der Waals surface area contributed by atoms with E-state index < -0.39 is 0 Å². The van der Waals surface area contributed by atoms with Crippen LogP contribution in [0, 0.1) is 5.92 Å². The van der Waals surface area contributed by atoms with E-state index in [0.29, 0.717) is 29.7 Å². The molecule has 2 aromatic heterocycles. The summed E-state index contributed by atoms with van der Waals surface area (Å²) in [6, 6.07) is 2.13. The number of hydrogen-bond acceptors (Lipinski definition) is 4. The average Bonchev–Trinajstić information content (AvgIpc) is 3.18. The van der Waals surface area contributed by atoms with Crippen molar-refractivity contribution in [3.63, 3.8) is 0 Å². The van der Waals surface area contributed by atoms with Gasteiger partial charge in [0.2, 0.25) is 0 Å². The molecule has 1 aliphatic rings. The highest BCUT2D eigenvalue weighted by atomic mass is 35.5. The molecule has 1 saturated carbocycles. The van der Waals surface area contributed by atoms with Crippen molar-refractivity contribution < 1.29 is 0 Å². The van der Waals surface area contributed by atoms with Gasteiger partial charge in [-0.1, -0.05) is 18.5 Å². The van der Waals surface area contributed by atoms with Gasteiger partial charge in [0.1, 0.15) is 5.69 Å². The van der Waals surface area contributed by atoms with Crippen molar-refractivity contribution in [1.82, 2.24) is 9.78 Å². The molecule has 1 aliphatic carbocycles. The quantitative estimate of drug-likeness (QED) is 0.884. The van der Waals surface area contributed by atoms with Crippen molar-refractivity contribution in [3.8, 4) is 0 Å². The fraction of sp³-hybridized carbons (Fsp3) is 0.467. The zero-order chi connectivity index (χ0) is 14.8. The van der Waals surface area contributed by atoms with Crippen LogP contribution in [0.15, 0.2) is 22.4 Å². The predicted molar refractivity (Wildman–Crippen MR) is 87.3 cm³/mol. The van der Waals surface area contributed by atoms with Crippen molar-refractivity contribution >= 4 is 28.6 Å². The number of aromatic nitrogens is 2. The molecular formula is C15H18ClN3OS. The molecule has 0 radical (unpaired) electrons. The molecule has 0 bridgehead atoms. The first kappa shape index (κ1) is 14.6. The van der Waals surface area contributed by atoms with Gasteiger partial charge in [-0.3, -0.25) is 4.79 Å². The monoisotopic (exact) mass is 323 g/mol. The summed E-state index contributed by atoms with van der Waals surface area (Å²) in [4.78, 5) is 13.7. The summed E-state index contributed by atoms with van der Waals surface area (Å²) in [6.07, 6.45) is 4.93. The number of halogens is 1. The van der Waals surface area contributed by atoms with E-state index in [2.05, 4.69) is 28.8 Å². The summed E-state index contributed by atoms with van der Waals surface area (Å²) in [5, 5.41) is 9.80. The Hall–Kier alpha value is -1.33. The molecule has 0 unspecified atom stereocenters. The molecule has 0 amide bonds. The third-order valence-electron chi connectivity index (χ3n) is 3.77. The van der Waals surface area contributed by atoms with Crippen LogP contribution in [0.25, 0.3) is 0 Å². The van der Waals surface area contributed by atoms with E-state index in [0.717, 1.165) is 6.42 Å². The number of nitrogens with zero attached hydrogens (tertiary/aromatic N) is 2. The van der Waals surface area contributed by atoms with Gasteiger partial charge in [0.15, 0.2) is 0 Å². The molecule has 3 rings (SSSR count). The topological polar surface area (TPSA) is 46.9 Å². The summed E-state index contributed by atoms with van der Waals surface area (Å²) in [7, 11) is 0. The van der Waals surface area contributed by atoms with Crippen LogP contribution in [-0.4, -0.2) is 9.78 Å². The number of nitrogens with one attached hydrogen (secondary N) is 1. The van der Waals surface area contributed by atoms with Gasteiger partial charge in [-0.25, -0.2) is 4.68 Å². The second-order valence-corrected chi connectivity index (χ2v) is 6.78. The van der Waals surface area contributed by atoms with Crippen LogP contribution in [0.1, 0.15) is 30.2 Å². The summed E-state index contributed by atoms with van der Waals surface area (Å²) in [5.41, 5.74) is 1.66. The Morgan fingerprint density at radius 1 is 1.52 bits per heavy atom. The maximum atomic E-state index is 12.4. The second-order valence-electron chi connectivity index (χ2n) is 5.37. The summed E-state index contributed by atoms with van der Waals surface area (Å²) in [5.74, 6) is 0.605. The zero-order valence-electron chi connectivity index (χ0n) is 11.9. The first-order chi connectivity index (χ1) is 10.2. The highest BCUT2D eigenvalue weighted by Gasteiger charge is 2.23. The predicted octanol–water partition coefficient (Wildman–Crippen LogP) is 3.54. The molecule has 0 atom stereocenters. The van der Waals surface area contributed by atoms with Crippen molar-refractivity contribution in [2.45, 2.75) is 39.3 Å². The van der Waals surface area contributed by atoms with E-state index >= 15 is 0 Å². The van der Waals surface area contributed by atoms with E-state index in [1.807, 2.05) is 0 Å². The summed E-state index contributed by atoms with van der Waals surface area (Å²) < 4.78 is 1.53. The molecule has 2 aromatic rings. The maximum absolute atomic E-state index is 12.4. The molecule has 2 heterocycles. The molecule has 0 aromatic carbocycles. The highest BCUT2D eigenvalue weighted by Crippen LogP contribution is 2.30. The van der Waals surface area contributed by atoms with Gasteiger partial charge in [0.05, 0.1) is 11.2 Å². The SMILES string of the molecule is CCc1ccsc1CNc1c(Cl)cnn(CC2CC2)c1=O. The number of hydrogen-bond donors (Lipinski definition) is 1. The Morgan fingerprint density at radius 3 is 3.05 bits per heavy atom. The lowest BCUT2D eigenvalue weighted by Gasteiger charge is -2.10. The Balaban J connectivity index is 1.79. The lowest BCUT2D eigenvalue weighted by atomic mass is 10.2. The minimum absolute atomic E-state index is 0.121. The molecular weight excluding hydrogens is 306 g/mol. The standard InChI is InChI=1S/C15H18ClN3OS/c1-2-11-5-6-21-13(11)8-17-14-12(16)7-18-19(15(14)20)9-10-3-4-10/h5-7,10,17H,2-4,8-9H2,1H3. The van der Waals surface area contributed by atoms with Gasteiger partial charge in [0.25, 0.3) is 5.56 Å². The van der Waals surface area contributed by atoms with Gasteiger partial charge >= 0.3 is 0 Å². The third kappa shape index (κ3) is 3.30. The van der Waals surface area contributed by atoms with Gasteiger partial charge in [-0.2, -0.15) is 5.10 Å². The zero-order valence-corrected chi connectivity index (χ0v) is 13.5. The fourth-order valence-corrected chi connectivity index (χ4v) is 3.42. The molecule has 1 N–H and O–H groups in total. The molecule has 0 saturated heterocycles. The van der Waals surface area contributed by atoms with Crippen LogP contribution < -0.4 is 10.9 Å². The Labute approximate surface area is 132 Å². The molecule has 6 heteroatoms. The number of rotatable bonds is 6. The minimum Gasteiger partial charge on any atom is -0.374 e. The lowest BCUT2D eigenvalue weighted by molar-refractivity contribution is 0.534. The van der Waals surface area contributed by atoms with Crippen LogP contribution in [-0.2, 0) is 19.5 Å². The Kier molecular flexibility index (Phi) is 4.31. The van der Waals surface area contributed by atoms with Gasteiger partial charge in [-0.05, 0) is 42.2 Å². The van der Waals surface area contributed by atoms with Crippen LogP contribution in [0.4, 0.5) is 5.69 Å². The summed E-state index contributed by atoms with van der Waals surface area (Å²) in [6.45, 7) is 3.46. The van der Waals surface area contributed by atoms with Gasteiger partial charge < -0.3 is 5.32 Å². The molecule has 21 heavy (non-hydrogen) atoms. The van der Waals surface area contributed by atoms with E-state index in [1.54, 1.807) is 17.5 Å². The van der Waals surface area contributed by atoms with Gasteiger partial charge in [0, 0.05) is 18.0 Å². The van der Waals surface area contributed by atoms with E-state index in [4.69, 9.17) is 11.6 Å². The molecule has 112 valence electrons. The van der Waals surface area contributed by atoms with Crippen molar-refractivity contribution in [3.05, 3.63) is 43.5 Å². The first-order valence-electron chi connectivity index (χ1n) is 7.23. The van der Waals surface area contributed by atoms with Gasteiger partial charge in [-0.15, -0.1) is 11.3 Å². The lowest BCUT2D eigenvalue weighted by Crippen LogP contribution is -2.26. The van der Waals surface area contributed by atoms with E-state index in [-0.39, 0.29) is 5.56 Å². The van der Waals surface area contributed by atoms with Crippen molar-refractivity contribution in [2.24, 2.45) is 5.92 Å². The largest absolute Gasteiger partial charge is 0.374 e. The van der Waals surface area contributed by atoms with Crippen molar-refractivity contribution in [1.29, 1.82) is 0 Å². The minimum atomic E-state index is -0.121. The second kappa shape index (κ2) is 6.20. The molecule has 1 fully saturated rings. The maximum Gasteiger partial charge on any atom is 0.291 e. The molecule has 0 aliphatic heterocycles. The molecule has 4 nitrogen and oxygen atoms in total. The molecule has 0 spiro atoms. The first-order valence-corrected chi connectivity index (χ1v) is 8.49. The summed E-state index contributed by atoms with van der Waals surface area (Å²) >= 11 is 7.83. The van der Waals surface area contributed by atoms with Crippen LogP contribution in [0.2, 0.25) is 5.02 Å². The Morgan fingerprint density at radius 2 is 2.33 bits per heavy atom. The van der Waals surface area contributed by atoms with E-state index in [9.17, 15) is 4.79 Å². The highest BCUT2D eigenvalue weighted by molar-refractivity contribution is 7.10. The normalized spacial score (nSPS) is 14.4. The van der Waals surface area contributed by atoms with Crippen LogP contribution in [0.5, 0.6) is 0 Å². The fourth-order valence-electron chi connectivity index (χ4n) is 2.31. The smallest absolute Gasteiger partial charge is 0.291 e. The van der Waals surface area contributed by atoms with Crippen LogP contribution >= 0.6 is 22.9 Å². The van der Waals surface area contributed by atoms with Crippen molar-refractivity contribution in [2.75, 3.05) is 5.32 Å². The Bertz CT molecular complexity index is 690.